The average molecular weight is 641 g/mol. The number of carboxylic acids is 1. The van der Waals surface area contributed by atoms with Crippen LogP contribution in [0.5, 0.6) is 11.6 Å². The highest BCUT2D eigenvalue weighted by Gasteiger charge is 2.61. The maximum atomic E-state index is 14.1. The third kappa shape index (κ3) is 7.46. The summed E-state index contributed by atoms with van der Waals surface area (Å²) in [6, 6.07) is 5.30. The van der Waals surface area contributed by atoms with Gasteiger partial charge in [0.15, 0.2) is 0 Å². The zero-order chi connectivity index (χ0) is 32.4. The second-order valence-corrected chi connectivity index (χ2v) is 13.8. The molecule has 242 valence electrons. The lowest BCUT2D eigenvalue weighted by Gasteiger charge is -2.30. The molecule has 1 saturated carbocycles. The number of methoxy groups -OCH3 is 1. The first kappa shape index (κ1) is 32.4. The molecule has 1 aromatic heterocycles. The number of thioether (sulfide) groups is 1. The maximum absolute atomic E-state index is 14.1. The van der Waals surface area contributed by atoms with E-state index in [0.717, 1.165) is 29.4 Å². The largest absolute Gasteiger partial charge is 0.497 e. The van der Waals surface area contributed by atoms with Crippen LogP contribution in [0.25, 0.3) is 10.8 Å². The number of aliphatic carboxylic acids is 1. The van der Waals surface area contributed by atoms with Gasteiger partial charge in [-0.2, -0.15) is 11.8 Å². The number of pyridine rings is 1. The Labute approximate surface area is 266 Å². The van der Waals surface area contributed by atoms with Crippen molar-refractivity contribution in [3.63, 3.8) is 0 Å². The Morgan fingerprint density at radius 3 is 2.76 bits per heavy atom. The first-order valence-electron chi connectivity index (χ1n) is 15.1. The molecule has 0 bridgehead atoms. The van der Waals surface area contributed by atoms with Crippen molar-refractivity contribution in [2.24, 2.45) is 5.92 Å². The zero-order valence-electron chi connectivity index (χ0n) is 25.9. The van der Waals surface area contributed by atoms with Crippen LogP contribution in [0.2, 0.25) is 0 Å². The van der Waals surface area contributed by atoms with Crippen LogP contribution >= 0.6 is 11.8 Å². The second kappa shape index (κ2) is 13.2. The topological polar surface area (TPSA) is 156 Å². The smallest absolute Gasteiger partial charge is 0.408 e. The van der Waals surface area contributed by atoms with Crippen LogP contribution in [0.1, 0.15) is 46.5 Å². The number of alkyl carbamates (subject to hydrolysis) is 1. The summed E-state index contributed by atoms with van der Waals surface area (Å²) < 4.78 is 17.1. The van der Waals surface area contributed by atoms with E-state index < -0.39 is 53.2 Å². The van der Waals surface area contributed by atoms with Crippen LogP contribution in [-0.4, -0.2) is 93.4 Å². The number of amides is 3. The third-order valence-electron chi connectivity index (χ3n) is 8.11. The van der Waals surface area contributed by atoms with Crippen LogP contribution in [0.3, 0.4) is 0 Å². The van der Waals surface area contributed by atoms with E-state index in [2.05, 4.69) is 15.6 Å². The monoisotopic (exact) mass is 640 g/mol. The molecule has 2 aromatic rings. The van der Waals surface area contributed by atoms with Crippen molar-refractivity contribution in [3.05, 3.63) is 42.6 Å². The predicted molar refractivity (Wildman–Crippen MR) is 168 cm³/mol. The number of fused-ring (bicyclic) bond motifs is 3. The molecule has 3 aliphatic rings. The van der Waals surface area contributed by atoms with E-state index in [9.17, 15) is 24.3 Å². The number of hydrogen-bond acceptors (Lipinski definition) is 9. The summed E-state index contributed by atoms with van der Waals surface area (Å²) in [5.41, 5.74) is -2.20. The van der Waals surface area contributed by atoms with Gasteiger partial charge in [-0.25, -0.2) is 14.6 Å². The molecule has 5 atom stereocenters. The highest BCUT2D eigenvalue weighted by Crippen LogP contribution is 2.45. The number of carbonyl (C=O) groups excluding carboxylic acids is 3. The van der Waals surface area contributed by atoms with Crippen molar-refractivity contribution in [2.45, 2.75) is 75.8 Å². The Morgan fingerprint density at radius 1 is 1.22 bits per heavy atom. The molecular formula is C32H40N4O8S. The number of ether oxygens (including phenoxy) is 3. The van der Waals surface area contributed by atoms with Gasteiger partial charge in [0.05, 0.1) is 13.7 Å². The Balaban J connectivity index is 1.44. The van der Waals surface area contributed by atoms with Gasteiger partial charge in [0.1, 0.15) is 35.1 Å². The van der Waals surface area contributed by atoms with E-state index in [4.69, 9.17) is 14.2 Å². The predicted octanol–water partition coefficient (Wildman–Crippen LogP) is 3.53. The van der Waals surface area contributed by atoms with Gasteiger partial charge in [0.2, 0.25) is 17.7 Å². The fourth-order valence-electron chi connectivity index (χ4n) is 5.74. The number of rotatable bonds is 5. The quantitative estimate of drug-likeness (QED) is 0.413. The van der Waals surface area contributed by atoms with Gasteiger partial charge in [-0.15, -0.1) is 0 Å². The number of aromatic nitrogens is 1. The number of allylic oxidation sites excluding steroid dienone is 1. The summed E-state index contributed by atoms with van der Waals surface area (Å²) in [4.78, 5) is 58.9. The highest BCUT2D eigenvalue weighted by atomic mass is 32.2. The minimum atomic E-state index is -1.43. The van der Waals surface area contributed by atoms with Crippen LogP contribution in [0, 0.1) is 5.92 Å². The Hall–Kier alpha value is -4.00. The van der Waals surface area contributed by atoms with Gasteiger partial charge >= 0.3 is 12.1 Å². The van der Waals surface area contributed by atoms with Crippen molar-refractivity contribution >= 4 is 46.4 Å². The van der Waals surface area contributed by atoms with Crippen molar-refractivity contribution in [2.75, 3.05) is 25.2 Å². The Bertz CT molecular complexity index is 1490. The van der Waals surface area contributed by atoms with E-state index in [0.29, 0.717) is 11.6 Å². The molecule has 1 aromatic carbocycles. The molecule has 0 spiro atoms. The van der Waals surface area contributed by atoms with Gasteiger partial charge in [-0.1, -0.05) is 12.2 Å². The van der Waals surface area contributed by atoms with Crippen molar-refractivity contribution in [1.29, 1.82) is 0 Å². The minimum absolute atomic E-state index is 0.0334. The Kier molecular flexibility index (Phi) is 9.47. The summed E-state index contributed by atoms with van der Waals surface area (Å²) in [7, 11) is 1.58. The zero-order valence-corrected chi connectivity index (χ0v) is 26.7. The van der Waals surface area contributed by atoms with Crippen LogP contribution in [-0.2, 0) is 19.1 Å². The standard InChI is InChI=1S/C32H40N4O8S/c1-31(2,3)44-30(41)34-24-18-45-13-7-5-6-8-20-16-32(20,29(39)40)35-26(37)25-15-22(17-36(25)28(24)38)43-27-23-10-9-21(42-4)14-19(23)11-12-33-27/h6,8-12,14,20,22,24-25H,5,7,13,15-18H2,1-4H3,(H,34,41)(H,35,37)(H,39,40)/t20?,22-,24?,25?,32?/m0/s1. The van der Waals surface area contributed by atoms with E-state index in [-0.39, 0.29) is 31.1 Å². The maximum Gasteiger partial charge on any atom is 0.408 e. The normalized spacial score (nSPS) is 27.3. The fourth-order valence-corrected chi connectivity index (χ4v) is 6.74. The molecule has 4 unspecified atom stereocenters. The molecule has 1 saturated heterocycles. The van der Waals surface area contributed by atoms with E-state index in [1.807, 2.05) is 30.4 Å². The van der Waals surface area contributed by atoms with E-state index >= 15 is 0 Å². The molecule has 2 fully saturated rings. The van der Waals surface area contributed by atoms with Crippen LogP contribution < -0.4 is 20.1 Å². The number of nitrogens with one attached hydrogen (secondary N) is 2. The number of hydrogen-bond donors (Lipinski definition) is 3. The van der Waals surface area contributed by atoms with E-state index in [1.54, 1.807) is 40.1 Å². The van der Waals surface area contributed by atoms with Gasteiger partial charge in [-0.3, -0.25) is 9.59 Å². The molecule has 0 radical (unpaired) electrons. The summed E-state index contributed by atoms with van der Waals surface area (Å²) in [6.45, 7) is 5.23. The van der Waals surface area contributed by atoms with Gasteiger partial charge in [-0.05, 0) is 75.4 Å². The lowest BCUT2D eigenvalue weighted by Crippen LogP contribution is -2.57. The van der Waals surface area contributed by atoms with Gasteiger partial charge < -0.3 is 34.9 Å². The number of benzene rings is 1. The molecular weight excluding hydrogens is 600 g/mol. The molecule has 13 heteroatoms. The molecule has 5 rings (SSSR count). The summed E-state index contributed by atoms with van der Waals surface area (Å²) in [5, 5.41) is 17.1. The third-order valence-corrected chi connectivity index (χ3v) is 9.25. The average Bonchev–Trinajstić information content (AvgIpc) is 3.51. The molecule has 3 amide bonds. The molecule has 3 heterocycles. The SMILES string of the molecule is COc1ccc2c(O[C@H]3CC4C(=O)NC5(C(=O)O)CC5C=CCCCSCC(NC(=O)OC(C)(C)C)C(=O)N4C3)nccc2c1. The van der Waals surface area contributed by atoms with Gasteiger partial charge in [0.25, 0.3) is 0 Å². The van der Waals surface area contributed by atoms with Crippen molar-refractivity contribution < 1.29 is 38.5 Å². The Morgan fingerprint density at radius 2 is 2.02 bits per heavy atom. The van der Waals surface area contributed by atoms with E-state index in [1.165, 1.54) is 16.7 Å². The van der Waals surface area contributed by atoms with Crippen molar-refractivity contribution in [1.82, 2.24) is 20.5 Å². The number of carbonyl (C=O) groups is 4. The lowest BCUT2D eigenvalue weighted by atomic mass is 10.1. The number of carboxylic acid groups (broad SMARTS) is 1. The molecule has 12 nitrogen and oxygen atoms in total. The molecule has 3 N–H and O–H groups in total. The number of nitrogens with zero attached hydrogens (tertiary/aromatic N) is 2. The summed E-state index contributed by atoms with van der Waals surface area (Å²) in [6.07, 6.45) is 5.95. The molecule has 2 aliphatic heterocycles. The first-order chi connectivity index (χ1) is 21.4. The van der Waals surface area contributed by atoms with Crippen LogP contribution in [0.15, 0.2) is 42.6 Å². The lowest BCUT2D eigenvalue weighted by molar-refractivity contribution is -0.145. The second-order valence-electron chi connectivity index (χ2n) is 12.6. The summed E-state index contributed by atoms with van der Waals surface area (Å²) in [5.74, 6) is -0.502. The summed E-state index contributed by atoms with van der Waals surface area (Å²) >= 11 is 1.52. The van der Waals surface area contributed by atoms with Crippen molar-refractivity contribution in [3.8, 4) is 11.6 Å². The van der Waals surface area contributed by atoms with Crippen LogP contribution in [0.4, 0.5) is 4.79 Å². The molecule has 1 aliphatic carbocycles. The molecule has 45 heavy (non-hydrogen) atoms. The minimum Gasteiger partial charge on any atom is -0.497 e. The fraction of sp³-hybridized carbons (Fsp3) is 0.531. The first-order valence-corrected chi connectivity index (χ1v) is 16.2. The highest BCUT2D eigenvalue weighted by molar-refractivity contribution is 7.99. The van der Waals surface area contributed by atoms with Gasteiger partial charge in [0, 0.05) is 29.7 Å².